The molecule has 3 nitrogen and oxygen atoms in total. The topological polar surface area (TPSA) is 24.5 Å². The van der Waals surface area contributed by atoms with Gasteiger partial charge < -0.3 is 15.0 Å². The fourth-order valence-electron chi connectivity index (χ4n) is 2.42. The quantitative estimate of drug-likeness (QED) is 0.709. The number of benzene rings is 1. The van der Waals surface area contributed by atoms with Crippen LogP contribution in [0.5, 0.6) is 5.75 Å². The zero-order chi connectivity index (χ0) is 14.8. The molecule has 0 spiro atoms. The van der Waals surface area contributed by atoms with Gasteiger partial charge in [-0.05, 0) is 50.2 Å². The number of hydrogen-bond donors (Lipinski definition) is 1. The Labute approximate surface area is 124 Å². The van der Waals surface area contributed by atoms with Crippen molar-refractivity contribution in [1.29, 1.82) is 0 Å². The van der Waals surface area contributed by atoms with Crippen LogP contribution in [-0.2, 0) is 0 Å². The number of likely N-dealkylation sites (N-methyl/N-ethyl adjacent to an activating group) is 1. The van der Waals surface area contributed by atoms with Crippen LogP contribution in [0.4, 0.5) is 0 Å². The lowest BCUT2D eigenvalue weighted by atomic mass is 10.1. The fourth-order valence-corrected chi connectivity index (χ4v) is 2.42. The Morgan fingerprint density at radius 3 is 2.60 bits per heavy atom. The van der Waals surface area contributed by atoms with Gasteiger partial charge in [0.1, 0.15) is 5.75 Å². The first kappa shape index (κ1) is 17.0. The van der Waals surface area contributed by atoms with E-state index in [1.54, 1.807) is 7.11 Å². The molecule has 0 aliphatic heterocycles. The van der Waals surface area contributed by atoms with Crippen molar-refractivity contribution in [1.82, 2.24) is 10.2 Å². The second kappa shape index (κ2) is 9.78. The van der Waals surface area contributed by atoms with E-state index in [-0.39, 0.29) is 0 Å². The van der Waals surface area contributed by atoms with Crippen molar-refractivity contribution in [3.05, 3.63) is 29.8 Å². The number of methoxy groups -OCH3 is 1. The first-order valence-corrected chi connectivity index (χ1v) is 7.84. The van der Waals surface area contributed by atoms with E-state index in [0.717, 1.165) is 38.3 Å². The molecular weight excluding hydrogens is 248 g/mol. The van der Waals surface area contributed by atoms with Crippen molar-refractivity contribution in [2.45, 2.75) is 39.7 Å². The molecule has 0 saturated carbocycles. The maximum absolute atomic E-state index is 5.35. The van der Waals surface area contributed by atoms with E-state index >= 15 is 0 Å². The Bertz CT molecular complexity index is 368. The highest BCUT2D eigenvalue weighted by atomic mass is 16.5. The van der Waals surface area contributed by atoms with Crippen LogP contribution in [0.2, 0.25) is 0 Å². The van der Waals surface area contributed by atoms with E-state index in [2.05, 4.69) is 49.2 Å². The Balaban J connectivity index is 2.80. The SMILES string of the molecule is CCCNC(CN(CC)CCC)c1cccc(OC)c1. The smallest absolute Gasteiger partial charge is 0.119 e. The van der Waals surface area contributed by atoms with Gasteiger partial charge in [-0.3, -0.25) is 0 Å². The van der Waals surface area contributed by atoms with Crippen molar-refractivity contribution in [2.75, 3.05) is 33.3 Å². The van der Waals surface area contributed by atoms with Crippen molar-refractivity contribution in [2.24, 2.45) is 0 Å². The summed E-state index contributed by atoms with van der Waals surface area (Å²) in [5.74, 6) is 0.935. The van der Waals surface area contributed by atoms with Crippen molar-refractivity contribution < 1.29 is 4.74 Å². The molecule has 1 atom stereocenters. The summed E-state index contributed by atoms with van der Waals surface area (Å²) in [4.78, 5) is 2.51. The van der Waals surface area contributed by atoms with Gasteiger partial charge in [-0.25, -0.2) is 0 Å². The molecule has 0 bridgehead atoms. The molecule has 0 saturated heterocycles. The first-order chi connectivity index (χ1) is 9.74. The van der Waals surface area contributed by atoms with E-state index in [4.69, 9.17) is 4.74 Å². The third kappa shape index (κ3) is 5.51. The Kier molecular flexibility index (Phi) is 8.31. The zero-order valence-electron chi connectivity index (χ0n) is 13.5. The monoisotopic (exact) mass is 278 g/mol. The lowest BCUT2D eigenvalue weighted by Crippen LogP contribution is -2.36. The lowest BCUT2D eigenvalue weighted by Gasteiger charge is -2.27. The number of nitrogens with one attached hydrogen (secondary N) is 1. The van der Waals surface area contributed by atoms with Gasteiger partial charge in [0, 0.05) is 12.6 Å². The number of ether oxygens (including phenoxy) is 1. The van der Waals surface area contributed by atoms with Crippen LogP contribution in [0.15, 0.2) is 24.3 Å². The minimum atomic E-state index is 0.372. The first-order valence-electron chi connectivity index (χ1n) is 7.84. The second-order valence-corrected chi connectivity index (χ2v) is 5.18. The standard InChI is InChI=1S/C17H30N2O/c1-5-11-18-17(14-19(7-3)12-6-2)15-9-8-10-16(13-15)20-4/h8-10,13,17-18H,5-7,11-12,14H2,1-4H3. The normalized spacial score (nSPS) is 12.7. The van der Waals surface area contributed by atoms with Gasteiger partial charge in [0.05, 0.1) is 7.11 Å². The lowest BCUT2D eigenvalue weighted by molar-refractivity contribution is 0.254. The fraction of sp³-hybridized carbons (Fsp3) is 0.647. The summed E-state index contributed by atoms with van der Waals surface area (Å²) < 4.78 is 5.35. The second-order valence-electron chi connectivity index (χ2n) is 5.18. The van der Waals surface area contributed by atoms with Gasteiger partial charge in [-0.1, -0.05) is 32.9 Å². The number of hydrogen-bond acceptors (Lipinski definition) is 3. The van der Waals surface area contributed by atoms with Gasteiger partial charge in [0.25, 0.3) is 0 Å². The predicted molar refractivity (Wildman–Crippen MR) is 86.4 cm³/mol. The highest BCUT2D eigenvalue weighted by Crippen LogP contribution is 2.20. The molecule has 1 aromatic rings. The molecule has 0 aromatic heterocycles. The highest BCUT2D eigenvalue weighted by Gasteiger charge is 2.14. The van der Waals surface area contributed by atoms with Gasteiger partial charge in [0.2, 0.25) is 0 Å². The van der Waals surface area contributed by atoms with Crippen LogP contribution in [0.25, 0.3) is 0 Å². The summed E-state index contributed by atoms with van der Waals surface area (Å²) >= 11 is 0. The summed E-state index contributed by atoms with van der Waals surface area (Å²) in [7, 11) is 1.73. The Morgan fingerprint density at radius 2 is 2.00 bits per heavy atom. The highest BCUT2D eigenvalue weighted by molar-refractivity contribution is 5.30. The summed E-state index contributed by atoms with van der Waals surface area (Å²) in [5, 5.41) is 3.66. The third-order valence-electron chi connectivity index (χ3n) is 3.56. The summed E-state index contributed by atoms with van der Waals surface area (Å²) in [6, 6.07) is 8.79. The summed E-state index contributed by atoms with van der Waals surface area (Å²) in [5.41, 5.74) is 1.31. The molecule has 3 heteroatoms. The number of nitrogens with zero attached hydrogens (tertiary/aromatic N) is 1. The van der Waals surface area contributed by atoms with E-state index in [1.807, 2.05) is 6.07 Å². The van der Waals surface area contributed by atoms with Crippen molar-refractivity contribution in [3.8, 4) is 5.75 Å². The summed E-state index contributed by atoms with van der Waals surface area (Å²) in [6.45, 7) is 11.0. The molecule has 0 heterocycles. The largest absolute Gasteiger partial charge is 0.497 e. The molecule has 1 unspecified atom stereocenters. The number of rotatable bonds is 10. The van der Waals surface area contributed by atoms with E-state index in [1.165, 1.54) is 12.0 Å². The zero-order valence-corrected chi connectivity index (χ0v) is 13.5. The molecule has 0 amide bonds. The molecule has 0 fully saturated rings. The third-order valence-corrected chi connectivity index (χ3v) is 3.56. The van der Waals surface area contributed by atoms with Crippen molar-refractivity contribution >= 4 is 0 Å². The van der Waals surface area contributed by atoms with E-state index < -0.39 is 0 Å². The average Bonchev–Trinajstić information content (AvgIpc) is 2.50. The van der Waals surface area contributed by atoms with E-state index in [9.17, 15) is 0 Å². The van der Waals surface area contributed by atoms with Gasteiger partial charge >= 0.3 is 0 Å². The summed E-state index contributed by atoms with van der Waals surface area (Å²) in [6.07, 6.45) is 2.35. The molecular formula is C17H30N2O. The van der Waals surface area contributed by atoms with Crippen LogP contribution in [0.1, 0.15) is 45.2 Å². The van der Waals surface area contributed by atoms with Crippen LogP contribution in [0.3, 0.4) is 0 Å². The van der Waals surface area contributed by atoms with Crippen LogP contribution in [-0.4, -0.2) is 38.2 Å². The van der Waals surface area contributed by atoms with Gasteiger partial charge in [0.15, 0.2) is 0 Å². The molecule has 0 aliphatic carbocycles. The molecule has 0 aliphatic rings. The molecule has 1 rings (SSSR count). The minimum absolute atomic E-state index is 0.372. The van der Waals surface area contributed by atoms with Gasteiger partial charge in [-0.2, -0.15) is 0 Å². The van der Waals surface area contributed by atoms with E-state index in [0.29, 0.717) is 6.04 Å². The molecule has 0 radical (unpaired) electrons. The molecule has 20 heavy (non-hydrogen) atoms. The Morgan fingerprint density at radius 1 is 1.20 bits per heavy atom. The predicted octanol–water partition coefficient (Wildman–Crippen LogP) is 3.47. The van der Waals surface area contributed by atoms with Crippen LogP contribution in [0, 0.1) is 0 Å². The minimum Gasteiger partial charge on any atom is -0.497 e. The Hall–Kier alpha value is -1.06. The molecule has 1 aromatic carbocycles. The van der Waals surface area contributed by atoms with Crippen LogP contribution < -0.4 is 10.1 Å². The maximum Gasteiger partial charge on any atom is 0.119 e. The molecule has 1 N–H and O–H groups in total. The molecule has 114 valence electrons. The van der Waals surface area contributed by atoms with Crippen LogP contribution >= 0.6 is 0 Å². The van der Waals surface area contributed by atoms with Crippen molar-refractivity contribution in [3.63, 3.8) is 0 Å². The maximum atomic E-state index is 5.35. The average molecular weight is 278 g/mol. The van der Waals surface area contributed by atoms with Gasteiger partial charge in [-0.15, -0.1) is 0 Å².